The normalized spacial score (nSPS) is 11.9. The molecule has 41 heavy (non-hydrogen) atoms. The quantitative estimate of drug-likeness (QED) is 0.137. The van der Waals surface area contributed by atoms with Gasteiger partial charge in [-0.3, -0.25) is 0 Å². The number of benzene rings is 3. The van der Waals surface area contributed by atoms with Crippen molar-refractivity contribution in [2.75, 3.05) is 0 Å². The highest BCUT2D eigenvalue weighted by Crippen LogP contribution is 2.29. The van der Waals surface area contributed by atoms with Crippen LogP contribution in [-0.4, -0.2) is 11.3 Å². The van der Waals surface area contributed by atoms with Crippen LogP contribution in [-0.2, 0) is 0 Å². The number of oxazole rings is 1. The summed E-state index contributed by atoms with van der Waals surface area (Å²) in [4.78, 5) is 3.15. The largest absolute Gasteiger partial charge is 0.660 e. The Morgan fingerprint density at radius 2 is 0.707 bits per heavy atom. The molecular weight excluding hydrogens is 606 g/mol. The summed E-state index contributed by atoms with van der Waals surface area (Å²) in [7, 11) is 0. The Labute approximate surface area is 215 Å². The SMILES string of the molecule is Cc1cnc(O[B-](c2c(F)c(F)c(F)c(F)c2F)(c2c(F)c(F)c(F)c(F)c2F)c2c(F)c(F)c(F)c(F)c2F)o1. The number of halogens is 15. The molecule has 0 spiro atoms. The van der Waals surface area contributed by atoms with E-state index in [0.717, 1.165) is 6.92 Å². The highest BCUT2D eigenvalue weighted by molar-refractivity contribution is 7.07. The van der Waals surface area contributed by atoms with Crippen molar-refractivity contribution in [3.8, 4) is 6.08 Å². The molecule has 0 unspecified atom stereocenters. The van der Waals surface area contributed by atoms with Crippen molar-refractivity contribution in [3.63, 3.8) is 0 Å². The predicted molar refractivity (Wildman–Crippen MR) is 105 cm³/mol. The van der Waals surface area contributed by atoms with E-state index in [9.17, 15) is 39.5 Å². The molecule has 218 valence electrons. The van der Waals surface area contributed by atoms with Gasteiger partial charge in [-0.1, -0.05) is 16.4 Å². The standard InChI is InChI=1S/C22H4BF15NO2/c1-3-2-39-22(40-3)41-23(4-7(24)13(30)19(36)14(31)8(4)25,5-9(26)15(32)20(37)16(33)10(5)27)6-11(28)17(34)21(38)18(35)12(6)29/h2H,1H3/q-1. The van der Waals surface area contributed by atoms with Crippen LogP contribution >= 0.6 is 0 Å². The maximum absolute atomic E-state index is 15.2. The first-order chi connectivity index (χ1) is 19.0. The molecule has 0 fully saturated rings. The van der Waals surface area contributed by atoms with Crippen LogP contribution in [0.3, 0.4) is 0 Å². The predicted octanol–water partition coefficient (Wildman–Crippen LogP) is 5.12. The second-order valence-electron chi connectivity index (χ2n) is 8.09. The average molecular weight is 610 g/mol. The summed E-state index contributed by atoms with van der Waals surface area (Å²) in [5, 5.41) is 0. The molecule has 0 aliphatic heterocycles. The van der Waals surface area contributed by atoms with Gasteiger partial charge >= 0.3 is 6.08 Å². The molecule has 0 aliphatic rings. The summed E-state index contributed by atoms with van der Waals surface area (Å²) < 4.78 is 228. The Kier molecular flexibility index (Phi) is 7.20. The van der Waals surface area contributed by atoms with Crippen LogP contribution in [0.1, 0.15) is 5.76 Å². The van der Waals surface area contributed by atoms with Crippen LogP contribution in [0.15, 0.2) is 10.6 Å². The number of nitrogens with zero attached hydrogens (tertiary/aromatic N) is 1. The van der Waals surface area contributed by atoms with E-state index in [2.05, 4.69) is 9.40 Å². The average Bonchev–Trinajstić information content (AvgIpc) is 3.34. The Balaban J connectivity index is 2.47. The summed E-state index contributed by atoms with van der Waals surface area (Å²) in [6.45, 7) is 0.976. The molecule has 0 atom stereocenters. The molecule has 1 heterocycles. The molecule has 0 bridgehead atoms. The first kappa shape index (κ1) is 29.7. The summed E-state index contributed by atoms with van der Waals surface area (Å²) in [6, 6.07) is 0. The van der Waals surface area contributed by atoms with Gasteiger partial charge in [0, 0.05) is 0 Å². The molecule has 19 heteroatoms. The number of aromatic nitrogens is 1. The van der Waals surface area contributed by atoms with Gasteiger partial charge in [-0.2, -0.15) is 4.98 Å². The third kappa shape index (κ3) is 4.07. The molecule has 0 aliphatic carbocycles. The lowest BCUT2D eigenvalue weighted by Gasteiger charge is -2.43. The van der Waals surface area contributed by atoms with E-state index in [-0.39, 0.29) is 0 Å². The van der Waals surface area contributed by atoms with Crippen molar-refractivity contribution in [2.24, 2.45) is 0 Å². The van der Waals surface area contributed by atoms with E-state index in [1.54, 1.807) is 0 Å². The fraction of sp³-hybridized carbons (Fsp3) is 0.0455. The summed E-state index contributed by atoms with van der Waals surface area (Å²) >= 11 is 0. The smallest absolute Gasteiger partial charge is 0.344 e. The van der Waals surface area contributed by atoms with Crippen LogP contribution in [0.2, 0.25) is 0 Å². The fourth-order valence-electron chi connectivity index (χ4n) is 4.09. The molecule has 0 saturated carbocycles. The van der Waals surface area contributed by atoms with E-state index in [4.69, 9.17) is 4.65 Å². The van der Waals surface area contributed by atoms with Crippen molar-refractivity contribution in [2.45, 2.75) is 6.92 Å². The Hall–Kier alpha value is -4.32. The van der Waals surface area contributed by atoms with Gasteiger partial charge < -0.3 is 9.07 Å². The molecule has 4 rings (SSSR count). The van der Waals surface area contributed by atoms with E-state index in [0.29, 0.717) is 6.20 Å². The Morgan fingerprint density at radius 3 is 0.927 bits per heavy atom. The van der Waals surface area contributed by atoms with Gasteiger partial charge in [0.05, 0.1) is 6.20 Å². The highest BCUT2D eigenvalue weighted by Gasteiger charge is 2.51. The molecule has 4 aromatic rings. The lowest BCUT2D eigenvalue weighted by Crippen LogP contribution is -2.77. The zero-order valence-corrected chi connectivity index (χ0v) is 19.1. The fourth-order valence-corrected chi connectivity index (χ4v) is 4.09. The minimum absolute atomic E-state index is 0.447. The van der Waals surface area contributed by atoms with Crippen molar-refractivity contribution in [1.82, 2.24) is 4.98 Å². The van der Waals surface area contributed by atoms with Crippen molar-refractivity contribution in [1.29, 1.82) is 0 Å². The molecule has 3 aromatic carbocycles. The highest BCUT2D eigenvalue weighted by atomic mass is 19.2. The van der Waals surface area contributed by atoms with Crippen LogP contribution in [0.25, 0.3) is 0 Å². The van der Waals surface area contributed by atoms with E-state index < -0.39 is 122 Å². The molecule has 3 nitrogen and oxygen atoms in total. The Morgan fingerprint density at radius 1 is 0.463 bits per heavy atom. The van der Waals surface area contributed by atoms with Gasteiger partial charge in [0.25, 0.3) is 6.35 Å². The first-order valence-corrected chi connectivity index (χ1v) is 10.3. The van der Waals surface area contributed by atoms with Crippen LogP contribution in [0.4, 0.5) is 65.9 Å². The lowest BCUT2D eigenvalue weighted by atomic mass is 9.27. The number of hydrogen-bond donors (Lipinski definition) is 0. The summed E-state index contributed by atoms with van der Waals surface area (Å²) in [5.41, 5.74) is -8.82. The van der Waals surface area contributed by atoms with Crippen LogP contribution in [0.5, 0.6) is 6.08 Å². The molecule has 0 radical (unpaired) electrons. The van der Waals surface area contributed by atoms with Crippen molar-refractivity contribution in [3.05, 3.63) is 99.2 Å². The molecular formula is C22H4BF15NO2-. The maximum atomic E-state index is 15.2. The van der Waals surface area contributed by atoms with Gasteiger partial charge in [-0.15, -0.1) is 0 Å². The van der Waals surface area contributed by atoms with Gasteiger partial charge in [0.2, 0.25) is 0 Å². The van der Waals surface area contributed by atoms with Crippen LogP contribution < -0.4 is 21.0 Å². The second kappa shape index (κ2) is 9.95. The lowest BCUT2D eigenvalue weighted by molar-refractivity contribution is 0.350. The number of aryl methyl sites for hydroxylation is 1. The van der Waals surface area contributed by atoms with Gasteiger partial charge in [-0.05, 0) is 6.92 Å². The third-order valence-electron chi connectivity index (χ3n) is 5.83. The van der Waals surface area contributed by atoms with E-state index in [1.807, 2.05) is 0 Å². The van der Waals surface area contributed by atoms with Crippen LogP contribution in [0, 0.1) is 94.2 Å². The minimum Gasteiger partial charge on any atom is -0.660 e. The van der Waals surface area contributed by atoms with Crippen molar-refractivity contribution < 1.29 is 74.9 Å². The zero-order chi connectivity index (χ0) is 30.9. The number of rotatable bonds is 5. The van der Waals surface area contributed by atoms with E-state index in [1.165, 1.54) is 0 Å². The van der Waals surface area contributed by atoms with Gasteiger partial charge in [0.15, 0.2) is 52.4 Å². The third-order valence-corrected chi connectivity index (χ3v) is 5.83. The summed E-state index contributed by atoms with van der Waals surface area (Å²) in [5.74, 6) is -47.8. The van der Waals surface area contributed by atoms with Gasteiger partial charge in [0.1, 0.15) is 40.7 Å². The number of hydrogen-bond acceptors (Lipinski definition) is 3. The Bertz CT molecular complexity index is 1500. The van der Waals surface area contributed by atoms with E-state index >= 15 is 26.3 Å². The molecule has 0 N–H and O–H groups in total. The monoisotopic (exact) mass is 610 g/mol. The minimum atomic E-state index is -6.24. The second-order valence-corrected chi connectivity index (χ2v) is 8.09. The summed E-state index contributed by atoms with van der Waals surface area (Å²) in [6.07, 6.45) is -7.36. The van der Waals surface area contributed by atoms with Crippen molar-refractivity contribution >= 4 is 22.7 Å². The molecule has 0 saturated heterocycles. The maximum Gasteiger partial charge on any atom is 0.344 e. The zero-order valence-electron chi connectivity index (χ0n) is 19.1. The topological polar surface area (TPSA) is 35.3 Å². The first-order valence-electron chi connectivity index (χ1n) is 10.3. The van der Waals surface area contributed by atoms with Gasteiger partial charge in [-0.25, -0.2) is 65.9 Å². The molecule has 1 aromatic heterocycles. The molecule has 0 amide bonds.